The lowest BCUT2D eigenvalue weighted by Crippen LogP contribution is -2.31. The van der Waals surface area contributed by atoms with E-state index in [2.05, 4.69) is 45.0 Å². The molecule has 0 saturated carbocycles. The van der Waals surface area contributed by atoms with Crippen LogP contribution in [0.5, 0.6) is 0 Å². The maximum atomic E-state index is 5.70. The molecule has 0 heterocycles. The van der Waals surface area contributed by atoms with Gasteiger partial charge in [-0.25, -0.2) is 0 Å². The lowest BCUT2D eigenvalue weighted by Gasteiger charge is -2.31. The van der Waals surface area contributed by atoms with Gasteiger partial charge in [0.2, 0.25) is 0 Å². The van der Waals surface area contributed by atoms with E-state index in [4.69, 9.17) is 5.73 Å². The molecule has 0 aliphatic carbocycles. The van der Waals surface area contributed by atoms with Crippen LogP contribution in [0.2, 0.25) is 0 Å². The highest BCUT2D eigenvalue weighted by atomic mass is 14.6. The molecule has 0 amide bonds. The van der Waals surface area contributed by atoms with Crippen LogP contribution in [-0.2, 0) is 5.41 Å². The zero-order valence-electron chi connectivity index (χ0n) is 8.75. The molecule has 1 atom stereocenters. The molecule has 0 saturated heterocycles. The van der Waals surface area contributed by atoms with E-state index in [1.54, 1.807) is 0 Å². The Hall–Kier alpha value is -0.820. The second-order valence-corrected chi connectivity index (χ2v) is 4.22. The highest BCUT2D eigenvalue weighted by molar-refractivity contribution is 5.24. The molecule has 72 valence electrons. The lowest BCUT2D eigenvalue weighted by atomic mass is 9.74. The number of hydrogen-bond acceptors (Lipinski definition) is 1. The third kappa shape index (κ3) is 2.10. The fourth-order valence-corrected chi connectivity index (χ4v) is 1.45. The summed E-state index contributed by atoms with van der Waals surface area (Å²) in [6.45, 7) is 7.44. The second kappa shape index (κ2) is 3.93. The minimum atomic E-state index is 0.177. The van der Waals surface area contributed by atoms with Gasteiger partial charge in [0.15, 0.2) is 0 Å². The van der Waals surface area contributed by atoms with Crippen LogP contribution in [0.25, 0.3) is 0 Å². The monoisotopic (exact) mass is 177 g/mol. The molecular weight excluding hydrogens is 158 g/mol. The molecule has 0 fully saturated rings. The normalized spacial score (nSPS) is 14.2. The molecule has 13 heavy (non-hydrogen) atoms. The van der Waals surface area contributed by atoms with Gasteiger partial charge in [-0.15, -0.1) is 0 Å². The van der Waals surface area contributed by atoms with Gasteiger partial charge in [0.05, 0.1) is 0 Å². The smallest absolute Gasteiger partial charge is 0.00432 e. The van der Waals surface area contributed by atoms with E-state index in [1.807, 2.05) is 6.07 Å². The van der Waals surface area contributed by atoms with Crippen LogP contribution < -0.4 is 5.73 Å². The van der Waals surface area contributed by atoms with Gasteiger partial charge in [0, 0.05) is 0 Å². The third-order valence-electron chi connectivity index (χ3n) is 3.10. The number of benzene rings is 1. The first kappa shape index (κ1) is 10.3. The minimum absolute atomic E-state index is 0.177. The van der Waals surface area contributed by atoms with Crippen LogP contribution in [0, 0.1) is 5.92 Å². The van der Waals surface area contributed by atoms with Crippen molar-refractivity contribution < 1.29 is 0 Å². The van der Waals surface area contributed by atoms with Crippen molar-refractivity contribution in [1.82, 2.24) is 0 Å². The highest BCUT2D eigenvalue weighted by Crippen LogP contribution is 2.30. The molecule has 0 aliphatic rings. The van der Waals surface area contributed by atoms with Gasteiger partial charge in [-0.1, -0.05) is 51.1 Å². The molecule has 1 rings (SSSR count). The van der Waals surface area contributed by atoms with E-state index in [9.17, 15) is 0 Å². The van der Waals surface area contributed by atoms with Crippen molar-refractivity contribution >= 4 is 0 Å². The maximum absolute atomic E-state index is 5.70. The Bertz CT molecular complexity index is 251. The number of hydrogen-bond donors (Lipinski definition) is 1. The van der Waals surface area contributed by atoms with Gasteiger partial charge in [-0.2, -0.15) is 0 Å². The predicted molar refractivity (Wildman–Crippen MR) is 57.7 cm³/mol. The molecule has 0 aromatic heterocycles. The Morgan fingerprint density at radius 1 is 1.23 bits per heavy atom. The molecule has 1 aromatic carbocycles. The second-order valence-electron chi connectivity index (χ2n) is 4.22. The van der Waals surface area contributed by atoms with Crippen LogP contribution in [0.15, 0.2) is 30.3 Å². The van der Waals surface area contributed by atoms with Gasteiger partial charge in [-0.05, 0) is 23.4 Å². The van der Waals surface area contributed by atoms with Crippen molar-refractivity contribution in [3.63, 3.8) is 0 Å². The fourth-order valence-electron chi connectivity index (χ4n) is 1.45. The quantitative estimate of drug-likeness (QED) is 0.754. The SMILES string of the molecule is C[C@H](CN)C(C)(C)c1ccccc1. The largest absolute Gasteiger partial charge is 0.330 e. The summed E-state index contributed by atoms with van der Waals surface area (Å²) in [4.78, 5) is 0. The van der Waals surface area contributed by atoms with Crippen LogP contribution >= 0.6 is 0 Å². The Morgan fingerprint density at radius 2 is 1.77 bits per heavy atom. The minimum Gasteiger partial charge on any atom is -0.330 e. The Kier molecular flexibility index (Phi) is 3.10. The van der Waals surface area contributed by atoms with Gasteiger partial charge in [-0.3, -0.25) is 0 Å². The van der Waals surface area contributed by atoms with Crippen molar-refractivity contribution in [2.75, 3.05) is 6.54 Å². The molecule has 1 aromatic rings. The summed E-state index contributed by atoms with van der Waals surface area (Å²) < 4.78 is 0. The predicted octanol–water partition coefficient (Wildman–Crippen LogP) is 2.56. The molecule has 1 heteroatoms. The summed E-state index contributed by atoms with van der Waals surface area (Å²) in [5.74, 6) is 0.509. The standard InChI is InChI=1S/C12H19N/c1-10(9-13)12(2,3)11-7-5-4-6-8-11/h4-8,10H,9,13H2,1-3H3/t10-/m1/s1. The highest BCUT2D eigenvalue weighted by Gasteiger charge is 2.26. The Morgan fingerprint density at radius 3 is 2.23 bits per heavy atom. The summed E-state index contributed by atoms with van der Waals surface area (Å²) in [6, 6.07) is 10.6. The maximum Gasteiger partial charge on any atom is -0.00432 e. The first-order valence-corrected chi connectivity index (χ1v) is 4.84. The summed E-state index contributed by atoms with van der Waals surface area (Å²) in [7, 11) is 0. The first-order valence-electron chi connectivity index (χ1n) is 4.84. The Balaban J connectivity index is 2.93. The molecular formula is C12H19N. The lowest BCUT2D eigenvalue weighted by molar-refractivity contribution is 0.352. The molecule has 0 bridgehead atoms. The van der Waals surface area contributed by atoms with Crippen LogP contribution in [-0.4, -0.2) is 6.54 Å². The van der Waals surface area contributed by atoms with Crippen LogP contribution in [0.4, 0.5) is 0 Å². The van der Waals surface area contributed by atoms with E-state index in [1.165, 1.54) is 5.56 Å². The van der Waals surface area contributed by atoms with E-state index in [0.717, 1.165) is 6.54 Å². The van der Waals surface area contributed by atoms with Crippen molar-refractivity contribution in [3.8, 4) is 0 Å². The van der Waals surface area contributed by atoms with Crippen molar-refractivity contribution in [2.45, 2.75) is 26.2 Å². The summed E-state index contributed by atoms with van der Waals surface area (Å²) in [6.07, 6.45) is 0. The van der Waals surface area contributed by atoms with Gasteiger partial charge < -0.3 is 5.73 Å². The average molecular weight is 177 g/mol. The number of rotatable bonds is 3. The van der Waals surface area contributed by atoms with Crippen molar-refractivity contribution in [2.24, 2.45) is 11.7 Å². The topological polar surface area (TPSA) is 26.0 Å². The van der Waals surface area contributed by atoms with Gasteiger partial charge in [0.1, 0.15) is 0 Å². The zero-order chi connectivity index (χ0) is 9.90. The van der Waals surface area contributed by atoms with Crippen molar-refractivity contribution in [1.29, 1.82) is 0 Å². The number of nitrogens with two attached hydrogens (primary N) is 1. The van der Waals surface area contributed by atoms with Crippen LogP contribution in [0.3, 0.4) is 0 Å². The van der Waals surface area contributed by atoms with E-state index < -0.39 is 0 Å². The molecule has 0 aliphatic heterocycles. The Labute approximate surface area is 81.0 Å². The van der Waals surface area contributed by atoms with E-state index in [-0.39, 0.29) is 5.41 Å². The molecule has 2 N–H and O–H groups in total. The first-order chi connectivity index (χ1) is 6.09. The van der Waals surface area contributed by atoms with Crippen molar-refractivity contribution in [3.05, 3.63) is 35.9 Å². The summed E-state index contributed by atoms with van der Waals surface area (Å²) >= 11 is 0. The molecule has 0 radical (unpaired) electrons. The zero-order valence-corrected chi connectivity index (χ0v) is 8.75. The van der Waals surface area contributed by atoms with Gasteiger partial charge in [0.25, 0.3) is 0 Å². The molecule has 0 unspecified atom stereocenters. The van der Waals surface area contributed by atoms with E-state index >= 15 is 0 Å². The van der Waals surface area contributed by atoms with E-state index in [0.29, 0.717) is 5.92 Å². The molecule has 1 nitrogen and oxygen atoms in total. The molecule has 0 spiro atoms. The summed E-state index contributed by atoms with van der Waals surface area (Å²) in [5.41, 5.74) is 7.24. The third-order valence-corrected chi connectivity index (χ3v) is 3.10. The summed E-state index contributed by atoms with van der Waals surface area (Å²) in [5, 5.41) is 0. The fraction of sp³-hybridized carbons (Fsp3) is 0.500. The van der Waals surface area contributed by atoms with Gasteiger partial charge >= 0.3 is 0 Å². The average Bonchev–Trinajstić information content (AvgIpc) is 2.18. The van der Waals surface area contributed by atoms with Crippen LogP contribution in [0.1, 0.15) is 26.3 Å².